The molecular weight excluding hydrogens is 323 g/mol. The third-order valence-corrected chi connectivity index (χ3v) is 2.54. The topological polar surface area (TPSA) is 35.4 Å². The maximum Gasteiger partial charge on any atom is 0.283 e. The first-order chi connectivity index (χ1) is 6.50. The molecule has 6 heteroatoms. The van der Waals surface area contributed by atoms with Crippen molar-refractivity contribution < 1.29 is 13.3 Å². The smallest absolute Gasteiger partial charge is 0.283 e. The minimum absolute atomic E-state index is 0.163. The molecule has 0 aliphatic rings. The number of benzene rings is 1. The van der Waals surface area contributed by atoms with E-state index in [0.29, 0.717) is 0 Å². The van der Waals surface area contributed by atoms with E-state index in [-0.39, 0.29) is 11.3 Å². The molecule has 1 atom stereocenters. The summed E-state index contributed by atoms with van der Waals surface area (Å²) >= 11 is 1.59. The number of nitrogens with zero attached hydrogens (tertiary/aromatic N) is 1. The molecule has 76 valence electrons. The SMILES string of the molecule is CC(=N[S+]([O-])I)c1ccc(F)cc1F. The molecule has 1 unspecified atom stereocenters. The van der Waals surface area contributed by atoms with Crippen molar-refractivity contribution in [3.05, 3.63) is 35.4 Å². The van der Waals surface area contributed by atoms with Crippen LogP contribution in [0, 0.1) is 11.6 Å². The van der Waals surface area contributed by atoms with Crippen molar-refractivity contribution in [3.63, 3.8) is 0 Å². The van der Waals surface area contributed by atoms with Gasteiger partial charge in [-0.2, -0.15) is 0 Å². The Hall–Kier alpha value is -0.210. The van der Waals surface area contributed by atoms with Gasteiger partial charge >= 0.3 is 0 Å². The second kappa shape index (κ2) is 5.04. The zero-order valence-electron chi connectivity index (χ0n) is 7.13. The second-order valence-electron chi connectivity index (χ2n) is 2.51. The molecule has 0 saturated heterocycles. The van der Waals surface area contributed by atoms with Crippen molar-refractivity contribution in [3.8, 4) is 0 Å². The molecule has 1 aromatic carbocycles. The quantitative estimate of drug-likeness (QED) is 0.467. The first kappa shape index (κ1) is 11.9. The van der Waals surface area contributed by atoms with Gasteiger partial charge in [0.1, 0.15) is 11.6 Å². The second-order valence-corrected chi connectivity index (χ2v) is 5.36. The van der Waals surface area contributed by atoms with Gasteiger partial charge in [0.05, 0.1) is 5.71 Å². The third kappa shape index (κ3) is 3.18. The van der Waals surface area contributed by atoms with E-state index in [1.54, 1.807) is 21.2 Å². The Morgan fingerprint density at radius 1 is 1.50 bits per heavy atom. The first-order valence-corrected chi connectivity index (χ1v) is 7.24. The van der Waals surface area contributed by atoms with Crippen LogP contribution in [0.4, 0.5) is 8.78 Å². The molecule has 0 aromatic heterocycles. The third-order valence-electron chi connectivity index (χ3n) is 1.53. The van der Waals surface area contributed by atoms with Crippen molar-refractivity contribution in [2.75, 3.05) is 0 Å². The van der Waals surface area contributed by atoms with Gasteiger partial charge in [0.25, 0.3) is 21.2 Å². The lowest BCUT2D eigenvalue weighted by molar-refractivity contribution is 0.581. The van der Waals surface area contributed by atoms with E-state index in [2.05, 4.69) is 4.40 Å². The van der Waals surface area contributed by atoms with E-state index < -0.39 is 20.2 Å². The summed E-state index contributed by atoms with van der Waals surface area (Å²) < 4.78 is 40.0. The molecule has 0 spiro atoms. The van der Waals surface area contributed by atoms with Gasteiger partial charge in [0, 0.05) is 11.6 Å². The Kier molecular flexibility index (Phi) is 4.27. The minimum Gasteiger partial charge on any atom is -0.583 e. The summed E-state index contributed by atoms with van der Waals surface area (Å²) in [6.45, 7) is 1.52. The van der Waals surface area contributed by atoms with E-state index >= 15 is 0 Å². The van der Waals surface area contributed by atoms with Crippen molar-refractivity contribution >= 4 is 35.5 Å². The standard InChI is InChI=1S/C8H6F2INOS/c1-5(12-14(11)13)7-3-2-6(9)4-8(7)10/h2-4H,1H3. The largest absolute Gasteiger partial charge is 0.583 e. The monoisotopic (exact) mass is 329 g/mol. The van der Waals surface area contributed by atoms with Crippen LogP contribution in [0.15, 0.2) is 22.6 Å². The summed E-state index contributed by atoms with van der Waals surface area (Å²) in [5.74, 6) is -1.34. The van der Waals surface area contributed by atoms with Crippen LogP contribution in [0.5, 0.6) is 0 Å². The predicted octanol–water partition coefficient (Wildman–Crippen LogP) is 2.79. The molecule has 0 fully saturated rings. The Morgan fingerprint density at radius 3 is 2.64 bits per heavy atom. The molecular formula is C8H6F2INOS. The fourth-order valence-electron chi connectivity index (χ4n) is 0.940. The van der Waals surface area contributed by atoms with E-state index in [0.717, 1.165) is 12.1 Å². The summed E-state index contributed by atoms with van der Waals surface area (Å²) in [4.78, 5) is 0. The highest BCUT2D eigenvalue weighted by Crippen LogP contribution is 2.13. The molecule has 14 heavy (non-hydrogen) atoms. The zero-order valence-corrected chi connectivity index (χ0v) is 10.1. The summed E-state index contributed by atoms with van der Waals surface area (Å²) in [6.07, 6.45) is 0. The summed E-state index contributed by atoms with van der Waals surface area (Å²) in [6, 6.07) is 3.17. The lowest BCUT2D eigenvalue weighted by Crippen LogP contribution is -2.01. The number of rotatable bonds is 2. The number of hydrogen-bond acceptors (Lipinski definition) is 2. The van der Waals surface area contributed by atoms with Crippen LogP contribution >= 0.6 is 21.2 Å². The number of halogens is 3. The molecule has 2 nitrogen and oxygen atoms in total. The van der Waals surface area contributed by atoms with Gasteiger partial charge in [-0.25, -0.2) is 8.78 Å². The van der Waals surface area contributed by atoms with Crippen LogP contribution in [0.3, 0.4) is 0 Å². The van der Waals surface area contributed by atoms with Gasteiger partial charge in [0.15, 0.2) is 8.53 Å². The Balaban J connectivity index is 3.07. The average Bonchev–Trinajstić information content (AvgIpc) is 2.01. The molecule has 1 rings (SSSR count). The Bertz CT molecular complexity index is 370. The van der Waals surface area contributed by atoms with Crippen LogP contribution in [0.2, 0.25) is 0 Å². The van der Waals surface area contributed by atoms with Gasteiger partial charge < -0.3 is 4.55 Å². The Morgan fingerprint density at radius 2 is 2.14 bits per heavy atom. The van der Waals surface area contributed by atoms with Crippen LogP contribution in [0.25, 0.3) is 0 Å². The van der Waals surface area contributed by atoms with Gasteiger partial charge in [0.2, 0.25) is 0 Å². The molecule has 0 N–H and O–H groups in total. The molecule has 0 aliphatic carbocycles. The van der Waals surface area contributed by atoms with Crippen molar-refractivity contribution in [1.29, 1.82) is 0 Å². The zero-order chi connectivity index (χ0) is 10.7. The van der Waals surface area contributed by atoms with Crippen LogP contribution < -0.4 is 0 Å². The lowest BCUT2D eigenvalue weighted by Gasteiger charge is -2.01. The highest BCUT2D eigenvalue weighted by molar-refractivity contribution is 14.2. The van der Waals surface area contributed by atoms with E-state index in [4.69, 9.17) is 0 Å². The van der Waals surface area contributed by atoms with E-state index in [1.165, 1.54) is 13.0 Å². The molecule has 0 radical (unpaired) electrons. The van der Waals surface area contributed by atoms with Crippen LogP contribution in [-0.4, -0.2) is 10.3 Å². The summed E-state index contributed by atoms with van der Waals surface area (Å²) in [5.41, 5.74) is 0.451. The fraction of sp³-hybridized carbons (Fsp3) is 0.125. The van der Waals surface area contributed by atoms with Crippen molar-refractivity contribution in [2.24, 2.45) is 4.40 Å². The predicted molar refractivity (Wildman–Crippen MR) is 60.7 cm³/mol. The molecule has 0 aliphatic heterocycles. The van der Waals surface area contributed by atoms with Crippen LogP contribution in [-0.2, 0) is 8.53 Å². The number of hydrogen-bond donors (Lipinski definition) is 0. The lowest BCUT2D eigenvalue weighted by atomic mass is 10.1. The average molecular weight is 329 g/mol. The molecule has 0 amide bonds. The maximum atomic E-state index is 13.1. The highest BCUT2D eigenvalue weighted by Gasteiger charge is 2.09. The Labute approximate surface area is 95.3 Å². The molecule has 0 heterocycles. The van der Waals surface area contributed by atoms with E-state index in [1.807, 2.05) is 0 Å². The van der Waals surface area contributed by atoms with E-state index in [9.17, 15) is 13.3 Å². The first-order valence-electron chi connectivity index (χ1n) is 3.59. The van der Waals surface area contributed by atoms with Crippen molar-refractivity contribution in [1.82, 2.24) is 0 Å². The molecule has 0 saturated carbocycles. The summed E-state index contributed by atoms with van der Waals surface area (Å²) in [5, 5.41) is 0. The summed E-state index contributed by atoms with van der Waals surface area (Å²) in [7, 11) is -1.41. The maximum absolute atomic E-state index is 13.1. The normalized spacial score (nSPS) is 14.2. The van der Waals surface area contributed by atoms with Gasteiger partial charge in [-0.15, -0.1) is 0 Å². The van der Waals surface area contributed by atoms with Crippen molar-refractivity contribution in [2.45, 2.75) is 6.92 Å². The fourth-order valence-corrected chi connectivity index (χ4v) is 2.14. The minimum atomic E-state index is -1.41. The van der Waals surface area contributed by atoms with Gasteiger partial charge in [-0.3, -0.25) is 0 Å². The van der Waals surface area contributed by atoms with Gasteiger partial charge in [-0.1, -0.05) is 4.40 Å². The van der Waals surface area contributed by atoms with Gasteiger partial charge in [-0.05, 0) is 19.1 Å². The van der Waals surface area contributed by atoms with Crippen LogP contribution in [0.1, 0.15) is 12.5 Å². The highest BCUT2D eigenvalue weighted by atomic mass is 127. The molecule has 1 aromatic rings. The molecule has 0 bridgehead atoms.